The van der Waals surface area contributed by atoms with Gasteiger partial charge in [0.15, 0.2) is 0 Å². The maximum Gasteiger partial charge on any atom is 0.0997 e. The highest BCUT2D eigenvalue weighted by molar-refractivity contribution is 5.53. The zero-order valence-electron chi connectivity index (χ0n) is 12.0. The molecule has 0 unspecified atom stereocenters. The van der Waals surface area contributed by atoms with Gasteiger partial charge in [0.25, 0.3) is 0 Å². The van der Waals surface area contributed by atoms with Crippen molar-refractivity contribution in [3.05, 3.63) is 34.4 Å². The largest absolute Gasteiger partial charge is 0.197 e. The summed E-state index contributed by atoms with van der Waals surface area (Å²) in [5.74, 6) is 0. The lowest BCUT2D eigenvalue weighted by molar-refractivity contribution is 0.658. The van der Waals surface area contributed by atoms with Gasteiger partial charge in [-0.05, 0) is 51.3 Å². The maximum atomic E-state index is 9.28. The number of rotatable bonds is 2. The Morgan fingerprint density at radius 1 is 0.895 bits per heavy atom. The number of nitriles is 3. The predicted octanol–water partition coefficient (Wildman–Crippen LogP) is 3.47. The highest BCUT2D eigenvalue weighted by Gasteiger charge is 2.28. The van der Waals surface area contributed by atoms with E-state index in [1.54, 1.807) is 13.8 Å². The van der Waals surface area contributed by atoms with E-state index < -0.39 is 10.8 Å². The Kier molecular flexibility index (Phi) is 3.69. The molecule has 0 saturated carbocycles. The lowest BCUT2D eigenvalue weighted by Gasteiger charge is -2.24. The second kappa shape index (κ2) is 4.75. The molecule has 96 valence electrons. The maximum absolute atomic E-state index is 9.28. The molecule has 0 bridgehead atoms. The van der Waals surface area contributed by atoms with Crippen molar-refractivity contribution in [2.75, 3.05) is 0 Å². The zero-order chi connectivity index (χ0) is 14.8. The molecular formula is C16H17N3. The molecule has 0 aliphatic heterocycles. The van der Waals surface area contributed by atoms with E-state index in [1.165, 1.54) is 0 Å². The number of hydrogen-bond donors (Lipinski definition) is 0. The van der Waals surface area contributed by atoms with E-state index in [9.17, 15) is 15.8 Å². The monoisotopic (exact) mass is 251 g/mol. The summed E-state index contributed by atoms with van der Waals surface area (Å²) in [5.41, 5.74) is 1.47. The summed E-state index contributed by atoms with van der Waals surface area (Å²) in [4.78, 5) is 0. The van der Waals surface area contributed by atoms with E-state index in [0.29, 0.717) is 11.1 Å². The third-order valence-electron chi connectivity index (χ3n) is 3.40. The van der Waals surface area contributed by atoms with Crippen LogP contribution in [0.25, 0.3) is 0 Å². The van der Waals surface area contributed by atoms with E-state index in [2.05, 4.69) is 18.2 Å². The van der Waals surface area contributed by atoms with Gasteiger partial charge >= 0.3 is 0 Å². The van der Waals surface area contributed by atoms with Gasteiger partial charge < -0.3 is 0 Å². The molecule has 0 radical (unpaired) electrons. The smallest absolute Gasteiger partial charge is 0.0997 e. The van der Waals surface area contributed by atoms with Crippen LogP contribution in [0.2, 0.25) is 0 Å². The van der Waals surface area contributed by atoms with Gasteiger partial charge in [0.1, 0.15) is 0 Å². The van der Waals surface area contributed by atoms with Crippen LogP contribution in [-0.4, -0.2) is 0 Å². The Morgan fingerprint density at radius 3 is 1.84 bits per heavy atom. The zero-order valence-corrected chi connectivity index (χ0v) is 12.0. The highest BCUT2D eigenvalue weighted by atomic mass is 14.4. The summed E-state index contributed by atoms with van der Waals surface area (Å²) in [6, 6.07) is 10.3. The molecule has 0 aromatic heterocycles. The molecule has 0 atom stereocenters. The van der Waals surface area contributed by atoms with Gasteiger partial charge in [-0.1, -0.05) is 12.1 Å². The van der Waals surface area contributed by atoms with Crippen molar-refractivity contribution >= 4 is 0 Å². The van der Waals surface area contributed by atoms with Crippen molar-refractivity contribution in [3.8, 4) is 18.2 Å². The van der Waals surface area contributed by atoms with E-state index in [0.717, 1.165) is 11.1 Å². The fourth-order valence-corrected chi connectivity index (χ4v) is 1.91. The van der Waals surface area contributed by atoms with Crippen LogP contribution in [0.1, 0.15) is 49.9 Å². The van der Waals surface area contributed by atoms with Gasteiger partial charge in [-0.15, -0.1) is 0 Å². The van der Waals surface area contributed by atoms with Crippen molar-refractivity contribution in [2.45, 2.75) is 45.4 Å². The van der Waals surface area contributed by atoms with Crippen LogP contribution in [0.15, 0.2) is 12.1 Å². The molecule has 3 heteroatoms. The number of nitrogens with zero attached hydrogens (tertiary/aromatic N) is 3. The quantitative estimate of drug-likeness (QED) is 0.807. The second-order valence-corrected chi connectivity index (χ2v) is 5.80. The first-order chi connectivity index (χ1) is 8.69. The van der Waals surface area contributed by atoms with Crippen molar-refractivity contribution in [3.63, 3.8) is 0 Å². The predicted molar refractivity (Wildman–Crippen MR) is 73.2 cm³/mol. The first kappa shape index (κ1) is 14.7. The van der Waals surface area contributed by atoms with Crippen LogP contribution in [-0.2, 0) is 10.8 Å². The van der Waals surface area contributed by atoms with Gasteiger partial charge in [-0.2, -0.15) is 15.8 Å². The minimum Gasteiger partial charge on any atom is -0.197 e. The average Bonchev–Trinajstić information content (AvgIpc) is 2.37. The van der Waals surface area contributed by atoms with Crippen molar-refractivity contribution < 1.29 is 0 Å². The highest BCUT2D eigenvalue weighted by Crippen LogP contribution is 2.33. The molecule has 0 heterocycles. The molecule has 0 saturated heterocycles. The van der Waals surface area contributed by atoms with Crippen LogP contribution in [0.5, 0.6) is 0 Å². The van der Waals surface area contributed by atoms with E-state index in [4.69, 9.17) is 0 Å². The molecule has 0 amide bonds. The first-order valence-electron chi connectivity index (χ1n) is 6.08. The molecule has 1 aromatic rings. The Labute approximate surface area is 114 Å². The number of benzene rings is 1. The third kappa shape index (κ3) is 2.59. The van der Waals surface area contributed by atoms with Crippen molar-refractivity contribution in [2.24, 2.45) is 0 Å². The standard InChI is InChI=1S/C16H17N3/c1-11-6-12(15(2,3)9-18)7-14(13(11)8-17)16(4,5)10-19/h6-7H,1-5H3. The van der Waals surface area contributed by atoms with Crippen LogP contribution in [0.3, 0.4) is 0 Å². The molecule has 1 rings (SSSR count). The molecule has 0 aliphatic carbocycles. The van der Waals surface area contributed by atoms with E-state index in [-0.39, 0.29) is 0 Å². The SMILES string of the molecule is Cc1cc(C(C)(C)C#N)cc(C(C)(C)C#N)c1C#N. The van der Waals surface area contributed by atoms with Gasteiger partial charge in [-0.25, -0.2) is 0 Å². The summed E-state index contributed by atoms with van der Waals surface area (Å²) >= 11 is 0. The first-order valence-corrected chi connectivity index (χ1v) is 6.08. The summed E-state index contributed by atoms with van der Waals surface area (Å²) in [7, 11) is 0. The topological polar surface area (TPSA) is 71.4 Å². The number of hydrogen-bond acceptors (Lipinski definition) is 3. The lowest BCUT2D eigenvalue weighted by atomic mass is 9.77. The van der Waals surface area contributed by atoms with Crippen LogP contribution in [0.4, 0.5) is 0 Å². The molecule has 0 aliphatic rings. The van der Waals surface area contributed by atoms with Crippen LogP contribution < -0.4 is 0 Å². The molecule has 0 fully saturated rings. The average molecular weight is 251 g/mol. The van der Waals surface area contributed by atoms with Crippen molar-refractivity contribution in [1.82, 2.24) is 0 Å². The molecular weight excluding hydrogens is 234 g/mol. The Hall–Kier alpha value is -2.31. The van der Waals surface area contributed by atoms with E-state index in [1.807, 2.05) is 32.9 Å². The van der Waals surface area contributed by atoms with Gasteiger partial charge in [0.05, 0.1) is 34.6 Å². The van der Waals surface area contributed by atoms with Crippen LogP contribution in [0, 0.1) is 40.9 Å². The molecule has 3 nitrogen and oxygen atoms in total. The molecule has 0 N–H and O–H groups in total. The Morgan fingerprint density at radius 2 is 1.42 bits per heavy atom. The van der Waals surface area contributed by atoms with Gasteiger partial charge in [-0.3, -0.25) is 0 Å². The lowest BCUT2D eigenvalue weighted by Crippen LogP contribution is -2.21. The summed E-state index contributed by atoms with van der Waals surface area (Å²) in [5, 5.41) is 27.8. The molecule has 0 spiro atoms. The normalized spacial score (nSPS) is 11.3. The Balaban J connectivity index is 3.70. The minimum atomic E-state index is -0.753. The van der Waals surface area contributed by atoms with Crippen LogP contribution >= 0.6 is 0 Å². The molecule has 1 aromatic carbocycles. The third-order valence-corrected chi connectivity index (χ3v) is 3.40. The second-order valence-electron chi connectivity index (χ2n) is 5.80. The van der Waals surface area contributed by atoms with E-state index >= 15 is 0 Å². The minimum absolute atomic E-state index is 0.532. The van der Waals surface area contributed by atoms with Gasteiger partial charge in [0, 0.05) is 0 Å². The summed E-state index contributed by atoms with van der Waals surface area (Å²) < 4.78 is 0. The molecule has 19 heavy (non-hydrogen) atoms. The summed E-state index contributed by atoms with van der Waals surface area (Å²) in [6.07, 6.45) is 0. The number of aryl methyl sites for hydroxylation is 1. The fraction of sp³-hybridized carbons (Fsp3) is 0.438. The van der Waals surface area contributed by atoms with Gasteiger partial charge in [0.2, 0.25) is 0 Å². The van der Waals surface area contributed by atoms with Crippen molar-refractivity contribution in [1.29, 1.82) is 15.8 Å². The summed E-state index contributed by atoms with van der Waals surface area (Å²) in [6.45, 7) is 9.07. The fourth-order valence-electron chi connectivity index (χ4n) is 1.91. The Bertz CT molecular complexity index is 632.